The predicted octanol–water partition coefficient (Wildman–Crippen LogP) is 4.18. The highest BCUT2D eigenvalue weighted by Crippen LogP contribution is 2.28. The van der Waals surface area contributed by atoms with Crippen LogP contribution >= 0.6 is 0 Å². The summed E-state index contributed by atoms with van der Waals surface area (Å²) >= 11 is 0. The Morgan fingerprint density at radius 3 is 2.20 bits per heavy atom. The van der Waals surface area contributed by atoms with Crippen molar-refractivity contribution < 1.29 is 4.74 Å². The van der Waals surface area contributed by atoms with Crippen molar-refractivity contribution in [3.05, 3.63) is 84.2 Å². The van der Waals surface area contributed by atoms with Crippen molar-refractivity contribution in [2.45, 2.75) is 13.2 Å². The van der Waals surface area contributed by atoms with Gasteiger partial charge in [-0.3, -0.25) is 0 Å². The Labute approximate surface area is 145 Å². The molecule has 2 aromatic carbocycles. The van der Waals surface area contributed by atoms with Gasteiger partial charge in [0.05, 0.1) is 13.2 Å². The Bertz CT molecular complexity index is 929. The van der Waals surface area contributed by atoms with Crippen LogP contribution in [0.25, 0.3) is 22.5 Å². The molecule has 0 saturated heterocycles. The maximum absolute atomic E-state index is 5.78. The lowest BCUT2D eigenvalue weighted by Crippen LogP contribution is -1.93. The van der Waals surface area contributed by atoms with Crippen molar-refractivity contribution in [1.29, 1.82) is 0 Å². The molecule has 0 unspecified atom stereocenters. The highest BCUT2D eigenvalue weighted by molar-refractivity contribution is 5.77. The zero-order chi connectivity index (χ0) is 16.9. The van der Waals surface area contributed by atoms with Crippen LogP contribution in [0, 0.1) is 0 Å². The van der Waals surface area contributed by atoms with E-state index in [1.807, 2.05) is 54.7 Å². The van der Waals surface area contributed by atoms with E-state index in [0.29, 0.717) is 13.2 Å². The van der Waals surface area contributed by atoms with E-state index in [9.17, 15) is 0 Å². The SMILES string of the molecule is c1ccc(COCc2cc(-c3n[nH]nc3-c3ccccc3)c[nH]2)cc1. The standard InChI is InChI=1S/C20H18N4O/c1-3-7-15(8-4-1)13-25-14-18-11-17(12-21-18)20-19(22-24-23-20)16-9-5-2-6-10-16/h1-12,21H,13-14H2,(H,22,23,24). The second-order valence-electron chi connectivity index (χ2n) is 5.78. The van der Waals surface area contributed by atoms with Gasteiger partial charge < -0.3 is 9.72 Å². The Balaban J connectivity index is 1.46. The zero-order valence-corrected chi connectivity index (χ0v) is 13.6. The monoisotopic (exact) mass is 330 g/mol. The first kappa shape index (κ1) is 15.4. The zero-order valence-electron chi connectivity index (χ0n) is 13.6. The molecule has 0 atom stereocenters. The van der Waals surface area contributed by atoms with Crippen molar-refractivity contribution in [2.24, 2.45) is 0 Å². The first-order chi connectivity index (χ1) is 12.4. The molecule has 2 heterocycles. The van der Waals surface area contributed by atoms with Crippen molar-refractivity contribution in [3.63, 3.8) is 0 Å². The van der Waals surface area contributed by atoms with Crippen molar-refractivity contribution in [3.8, 4) is 22.5 Å². The number of nitrogens with zero attached hydrogens (tertiary/aromatic N) is 2. The van der Waals surface area contributed by atoms with Gasteiger partial charge in [-0.05, 0) is 11.6 Å². The number of aromatic amines is 2. The average Bonchev–Trinajstić information content (AvgIpc) is 3.32. The Kier molecular flexibility index (Phi) is 4.39. The molecule has 2 aromatic heterocycles. The Morgan fingerprint density at radius 2 is 1.44 bits per heavy atom. The molecule has 2 N–H and O–H groups in total. The lowest BCUT2D eigenvalue weighted by Gasteiger charge is -2.02. The third-order valence-electron chi connectivity index (χ3n) is 3.98. The van der Waals surface area contributed by atoms with Gasteiger partial charge >= 0.3 is 0 Å². The number of nitrogens with one attached hydrogen (secondary N) is 2. The molecule has 0 aliphatic carbocycles. The third kappa shape index (κ3) is 3.51. The number of benzene rings is 2. The van der Waals surface area contributed by atoms with Crippen LogP contribution in [0.2, 0.25) is 0 Å². The van der Waals surface area contributed by atoms with E-state index in [4.69, 9.17) is 4.74 Å². The molecule has 0 aliphatic heterocycles. The molecule has 25 heavy (non-hydrogen) atoms. The molecule has 0 amide bonds. The number of hydrogen-bond acceptors (Lipinski definition) is 3. The van der Waals surface area contributed by atoms with Gasteiger partial charge in [0.1, 0.15) is 11.4 Å². The number of rotatable bonds is 6. The summed E-state index contributed by atoms with van der Waals surface area (Å²) < 4.78 is 5.78. The van der Waals surface area contributed by atoms with Crippen molar-refractivity contribution in [2.75, 3.05) is 0 Å². The lowest BCUT2D eigenvalue weighted by molar-refractivity contribution is 0.105. The van der Waals surface area contributed by atoms with Crippen molar-refractivity contribution >= 4 is 0 Å². The second-order valence-corrected chi connectivity index (χ2v) is 5.78. The largest absolute Gasteiger partial charge is 0.371 e. The first-order valence-electron chi connectivity index (χ1n) is 8.15. The minimum atomic E-state index is 0.521. The molecule has 5 nitrogen and oxygen atoms in total. The van der Waals surface area contributed by atoms with E-state index in [1.165, 1.54) is 0 Å². The van der Waals surface area contributed by atoms with Crippen LogP contribution in [-0.2, 0) is 18.0 Å². The van der Waals surface area contributed by atoms with Crippen LogP contribution in [0.3, 0.4) is 0 Å². The summed E-state index contributed by atoms with van der Waals surface area (Å²) in [4.78, 5) is 3.25. The fraction of sp³-hybridized carbons (Fsp3) is 0.100. The number of hydrogen-bond donors (Lipinski definition) is 2. The molecule has 0 bridgehead atoms. The van der Waals surface area contributed by atoms with Crippen molar-refractivity contribution in [1.82, 2.24) is 20.4 Å². The van der Waals surface area contributed by atoms with Gasteiger partial charge in [-0.25, -0.2) is 0 Å². The molecule has 5 heteroatoms. The van der Waals surface area contributed by atoms with Gasteiger partial charge in [0.2, 0.25) is 0 Å². The molecule has 0 saturated carbocycles. The molecule has 0 fully saturated rings. The molecular formula is C20H18N4O. The summed E-state index contributed by atoms with van der Waals surface area (Å²) in [6, 6.07) is 22.2. The van der Waals surface area contributed by atoms with Crippen LogP contribution in [0.4, 0.5) is 0 Å². The van der Waals surface area contributed by atoms with Crippen LogP contribution in [-0.4, -0.2) is 20.4 Å². The fourth-order valence-electron chi connectivity index (χ4n) is 2.74. The summed E-state index contributed by atoms with van der Waals surface area (Å²) in [7, 11) is 0. The minimum Gasteiger partial charge on any atom is -0.371 e. The van der Waals surface area contributed by atoms with Gasteiger partial charge in [0, 0.05) is 23.0 Å². The maximum Gasteiger partial charge on any atom is 0.122 e. The highest BCUT2D eigenvalue weighted by atomic mass is 16.5. The van der Waals surface area contributed by atoms with Crippen LogP contribution < -0.4 is 0 Å². The average molecular weight is 330 g/mol. The quantitative estimate of drug-likeness (QED) is 0.557. The van der Waals surface area contributed by atoms with E-state index >= 15 is 0 Å². The van der Waals surface area contributed by atoms with E-state index < -0.39 is 0 Å². The van der Waals surface area contributed by atoms with Crippen LogP contribution in [0.15, 0.2) is 72.9 Å². The second kappa shape index (κ2) is 7.15. The van der Waals surface area contributed by atoms with E-state index in [-0.39, 0.29) is 0 Å². The molecule has 4 aromatic rings. The summed E-state index contributed by atoms with van der Waals surface area (Å²) in [5, 5.41) is 11.3. The van der Waals surface area contributed by atoms with Crippen LogP contribution in [0.1, 0.15) is 11.3 Å². The number of H-pyrrole nitrogens is 2. The van der Waals surface area contributed by atoms with Gasteiger partial charge in [-0.15, -0.1) is 0 Å². The van der Waals surface area contributed by atoms with Gasteiger partial charge in [0.25, 0.3) is 0 Å². The number of aromatic nitrogens is 4. The smallest absolute Gasteiger partial charge is 0.122 e. The van der Waals surface area contributed by atoms with E-state index in [1.54, 1.807) is 0 Å². The lowest BCUT2D eigenvalue weighted by atomic mass is 10.1. The van der Waals surface area contributed by atoms with E-state index in [2.05, 4.69) is 38.6 Å². The molecule has 0 spiro atoms. The molecule has 4 rings (SSSR count). The summed E-state index contributed by atoms with van der Waals surface area (Å²) in [6.07, 6.45) is 1.94. The molecular weight excluding hydrogens is 312 g/mol. The molecule has 0 radical (unpaired) electrons. The first-order valence-corrected chi connectivity index (χ1v) is 8.15. The van der Waals surface area contributed by atoms with Crippen LogP contribution in [0.5, 0.6) is 0 Å². The Morgan fingerprint density at radius 1 is 0.760 bits per heavy atom. The number of ether oxygens (including phenoxy) is 1. The Hall–Kier alpha value is -3.18. The maximum atomic E-state index is 5.78. The summed E-state index contributed by atoms with van der Waals surface area (Å²) in [5.41, 5.74) is 5.87. The van der Waals surface area contributed by atoms with Gasteiger partial charge in [-0.2, -0.15) is 15.4 Å². The van der Waals surface area contributed by atoms with Gasteiger partial charge in [0.15, 0.2) is 0 Å². The topological polar surface area (TPSA) is 66.6 Å². The third-order valence-corrected chi connectivity index (χ3v) is 3.98. The molecule has 124 valence electrons. The fourth-order valence-corrected chi connectivity index (χ4v) is 2.74. The predicted molar refractivity (Wildman–Crippen MR) is 96.5 cm³/mol. The highest BCUT2D eigenvalue weighted by Gasteiger charge is 2.13. The normalized spacial score (nSPS) is 10.9. The molecule has 0 aliphatic rings. The van der Waals surface area contributed by atoms with Gasteiger partial charge in [-0.1, -0.05) is 60.7 Å². The van der Waals surface area contributed by atoms with E-state index in [0.717, 1.165) is 33.8 Å². The summed E-state index contributed by atoms with van der Waals surface area (Å²) in [5.74, 6) is 0. The summed E-state index contributed by atoms with van der Waals surface area (Å²) in [6.45, 7) is 1.11. The minimum absolute atomic E-state index is 0.521.